The first-order valence-corrected chi connectivity index (χ1v) is 8.12. The molecule has 1 fully saturated rings. The third kappa shape index (κ3) is 3.46. The Balaban J connectivity index is 1.84. The number of ether oxygens (including phenoxy) is 1. The van der Waals surface area contributed by atoms with Crippen molar-refractivity contribution < 1.29 is 13.9 Å². The molecule has 1 aliphatic rings. The van der Waals surface area contributed by atoms with E-state index in [0.717, 1.165) is 11.3 Å². The summed E-state index contributed by atoms with van der Waals surface area (Å²) in [7, 11) is 0. The molecule has 4 nitrogen and oxygen atoms in total. The van der Waals surface area contributed by atoms with E-state index in [1.807, 2.05) is 25.7 Å². The fourth-order valence-corrected chi connectivity index (χ4v) is 3.08. The van der Waals surface area contributed by atoms with Crippen molar-refractivity contribution in [3.63, 3.8) is 0 Å². The first kappa shape index (κ1) is 16.6. The lowest BCUT2D eigenvalue weighted by Crippen LogP contribution is -2.48. The lowest BCUT2D eigenvalue weighted by Gasteiger charge is -2.35. The van der Waals surface area contributed by atoms with Crippen molar-refractivity contribution in [1.29, 1.82) is 0 Å². The third-order valence-electron chi connectivity index (χ3n) is 4.16. The van der Waals surface area contributed by atoms with Crippen LogP contribution >= 0.6 is 0 Å². The van der Waals surface area contributed by atoms with Gasteiger partial charge in [-0.15, -0.1) is 0 Å². The second kappa shape index (κ2) is 6.69. The van der Waals surface area contributed by atoms with E-state index in [9.17, 15) is 9.18 Å². The molecule has 24 heavy (non-hydrogen) atoms. The van der Waals surface area contributed by atoms with E-state index in [1.165, 1.54) is 12.1 Å². The first-order chi connectivity index (χ1) is 11.4. The number of rotatable bonds is 2. The monoisotopic (exact) mass is 328 g/mol. The van der Waals surface area contributed by atoms with Gasteiger partial charge in [-0.25, -0.2) is 4.39 Å². The van der Waals surface area contributed by atoms with Gasteiger partial charge in [-0.3, -0.25) is 9.78 Å². The fourth-order valence-electron chi connectivity index (χ4n) is 3.08. The highest BCUT2D eigenvalue weighted by Gasteiger charge is 2.27. The largest absolute Gasteiger partial charge is 0.372 e. The molecule has 1 aliphatic heterocycles. The van der Waals surface area contributed by atoms with Gasteiger partial charge in [-0.2, -0.15) is 0 Å². The average Bonchev–Trinajstić information content (AvgIpc) is 2.54. The Hall–Kier alpha value is -2.27. The molecular formula is C19H21FN2O2. The van der Waals surface area contributed by atoms with Crippen LogP contribution in [0.2, 0.25) is 0 Å². The van der Waals surface area contributed by atoms with Crippen LogP contribution < -0.4 is 0 Å². The molecule has 1 amide bonds. The van der Waals surface area contributed by atoms with Gasteiger partial charge in [-0.05, 0) is 57.2 Å². The van der Waals surface area contributed by atoms with Gasteiger partial charge in [-0.1, -0.05) is 0 Å². The molecule has 1 saturated heterocycles. The summed E-state index contributed by atoms with van der Waals surface area (Å²) in [6.45, 7) is 6.94. The van der Waals surface area contributed by atoms with Crippen LogP contribution in [-0.2, 0) is 4.74 Å². The second-order valence-electron chi connectivity index (χ2n) is 6.30. The molecule has 126 valence electrons. The lowest BCUT2D eigenvalue weighted by molar-refractivity contribution is -0.0586. The van der Waals surface area contributed by atoms with Gasteiger partial charge >= 0.3 is 0 Å². The summed E-state index contributed by atoms with van der Waals surface area (Å²) >= 11 is 0. The number of hydrogen-bond acceptors (Lipinski definition) is 3. The molecule has 2 heterocycles. The maximum Gasteiger partial charge on any atom is 0.255 e. The van der Waals surface area contributed by atoms with Crippen LogP contribution in [0.3, 0.4) is 0 Å². The molecule has 0 aliphatic carbocycles. The van der Waals surface area contributed by atoms with Crippen LogP contribution in [0.5, 0.6) is 0 Å². The molecule has 0 bridgehead atoms. The van der Waals surface area contributed by atoms with Crippen LogP contribution in [0.15, 0.2) is 36.4 Å². The molecular weight excluding hydrogens is 307 g/mol. The van der Waals surface area contributed by atoms with Gasteiger partial charge in [0, 0.05) is 18.7 Å². The Kier molecular flexibility index (Phi) is 4.62. The van der Waals surface area contributed by atoms with Crippen LogP contribution in [0.25, 0.3) is 11.3 Å². The highest BCUT2D eigenvalue weighted by Crippen LogP contribution is 2.21. The lowest BCUT2D eigenvalue weighted by atomic mass is 10.1. The number of hydrogen-bond donors (Lipinski definition) is 0. The number of aromatic nitrogens is 1. The van der Waals surface area contributed by atoms with Gasteiger partial charge in [0.15, 0.2) is 0 Å². The van der Waals surface area contributed by atoms with Gasteiger partial charge in [0.25, 0.3) is 5.91 Å². The van der Waals surface area contributed by atoms with Crippen molar-refractivity contribution in [3.05, 3.63) is 53.5 Å². The van der Waals surface area contributed by atoms with Crippen molar-refractivity contribution in [2.24, 2.45) is 0 Å². The predicted octanol–water partition coefficient (Wildman–Crippen LogP) is 3.45. The zero-order chi connectivity index (χ0) is 17.3. The molecule has 3 rings (SSSR count). The van der Waals surface area contributed by atoms with E-state index < -0.39 is 0 Å². The van der Waals surface area contributed by atoms with E-state index in [-0.39, 0.29) is 23.9 Å². The minimum Gasteiger partial charge on any atom is -0.372 e. The molecule has 5 heteroatoms. The standard InChI is InChI=1S/C19H21FN2O2/c1-12-10-22(11-13(2)24-12)19(23)17-8-9-18(21-14(17)3)15-4-6-16(20)7-5-15/h4-9,12-13H,10-11H2,1-3H3/t12-,13-/m0/s1. The molecule has 0 N–H and O–H groups in total. The number of benzene rings is 1. The normalized spacial score (nSPS) is 20.9. The quantitative estimate of drug-likeness (QED) is 0.848. The number of halogens is 1. The number of aryl methyl sites for hydroxylation is 1. The summed E-state index contributed by atoms with van der Waals surface area (Å²) < 4.78 is 18.7. The van der Waals surface area contributed by atoms with Crippen molar-refractivity contribution in [2.75, 3.05) is 13.1 Å². The van der Waals surface area contributed by atoms with Crippen molar-refractivity contribution >= 4 is 5.91 Å². The number of pyridine rings is 1. The SMILES string of the molecule is Cc1nc(-c2ccc(F)cc2)ccc1C(=O)N1C[C@H](C)O[C@@H](C)C1. The van der Waals surface area contributed by atoms with E-state index in [0.29, 0.717) is 24.3 Å². The number of nitrogens with zero attached hydrogens (tertiary/aromatic N) is 2. The number of morpholine rings is 1. The molecule has 1 aromatic carbocycles. The summed E-state index contributed by atoms with van der Waals surface area (Å²) in [5, 5.41) is 0. The Labute approximate surface area is 141 Å². The minimum absolute atomic E-state index is 0.0207. The molecule has 1 aromatic heterocycles. The second-order valence-corrected chi connectivity index (χ2v) is 6.30. The van der Waals surface area contributed by atoms with Crippen LogP contribution in [0.1, 0.15) is 29.9 Å². The van der Waals surface area contributed by atoms with E-state index >= 15 is 0 Å². The number of carbonyl (C=O) groups excluding carboxylic acids is 1. The maximum atomic E-state index is 13.0. The zero-order valence-corrected chi connectivity index (χ0v) is 14.1. The summed E-state index contributed by atoms with van der Waals surface area (Å²) in [5.41, 5.74) is 2.83. The summed E-state index contributed by atoms with van der Waals surface area (Å²) in [6.07, 6.45) is 0.0638. The Morgan fingerprint density at radius 1 is 1.12 bits per heavy atom. The van der Waals surface area contributed by atoms with Crippen molar-refractivity contribution in [3.8, 4) is 11.3 Å². The van der Waals surface area contributed by atoms with Crippen LogP contribution in [-0.4, -0.2) is 41.1 Å². The fraction of sp³-hybridized carbons (Fsp3) is 0.368. The topological polar surface area (TPSA) is 42.4 Å². The van der Waals surface area contributed by atoms with E-state index in [1.54, 1.807) is 24.3 Å². The molecule has 2 aromatic rings. The molecule has 2 atom stereocenters. The summed E-state index contributed by atoms with van der Waals surface area (Å²) in [4.78, 5) is 19.1. The Morgan fingerprint density at radius 3 is 2.33 bits per heavy atom. The summed E-state index contributed by atoms with van der Waals surface area (Å²) in [6, 6.07) is 9.78. The molecule has 0 spiro atoms. The minimum atomic E-state index is -0.280. The highest BCUT2D eigenvalue weighted by molar-refractivity contribution is 5.95. The van der Waals surface area contributed by atoms with Crippen molar-refractivity contribution in [1.82, 2.24) is 9.88 Å². The third-order valence-corrected chi connectivity index (χ3v) is 4.16. The Bertz CT molecular complexity index is 736. The van der Waals surface area contributed by atoms with Gasteiger partial charge in [0.2, 0.25) is 0 Å². The Morgan fingerprint density at radius 2 is 1.75 bits per heavy atom. The maximum absolute atomic E-state index is 13.0. The highest BCUT2D eigenvalue weighted by atomic mass is 19.1. The molecule has 0 radical (unpaired) electrons. The van der Waals surface area contributed by atoms with Crippen LogP contribution in [0.4, 0.5) is 4.39 Å². The zero-order valence-electron chi connectivity index (χ0n) is 14.1. The van der Waals surface area contributed by atoms with Gasteiger partial charge in [0.1, 0.15) is 5.82 Å². The van der Waals surface area contributed by atoms with E-state index in [4.69, 9.17) is 4.74 Å². The van der Waals surface area contributed by atoms with Crippen molar-refractivity contribution in [2.45, 2.75) is 33.0 Å². The molecule has 0 unspecified atom stereocenters. The average molecular weight is 328 g/mol. The van der Waals surface area contributed by atoms with Crippen LogP contribution in [0, 0.1) is 12.7 Å². The summed E-state index contributed by atoms with van der Waals surface area (Å²) in [5.74, 6) is -0.300. The first-order valence-electron chi connectivity index (χ1n) is 8.12. The van der Waals surface area contributed by atoms with Gasteiger partial charge in [0.05, 0.1) is 29.2 Å². The smallest absolute Gasteiger partial charge is 0.255 e. The predicted molar refractivity (Wildman–Crippen MR) is 90.3 cm³/mol. The van der Waals surface area contributed by atoms with E-state index in [2.05, 4.69) is 4.98 Å². The number of carbonyl (C=O) groups is 1. The molecule has 0 saturated carbocycles. The number of amides is 1. The van der Waals surface area contributed by atoms with Gasteiger partial charge < -0.3 is 9.64 Å².